The van der Waals surface area contributed by atoms with Crippen LogP contribution in [-0.4, -0.2) is 50.9 Å². The van der Waals surface area contributed by atoms with E-state index in [4.69, 9.17) is 0 Å². The SMILES string of the molecule is CCCCCCCCCCCCCCCCCCCCC[C@@H](O)[C@@H](O)[C@H](NC(=O)CCCCCCCCCCCCCCCCCC)C(O)O. The number of carbonyl (C=O) groups is 1. The summed E-state index contributed by atoms with van der Waals surface area (Å²) in [5.41, 5.74) is 0. The van der Waals surface area contributed by atoms with E-state index in [9.17, 15) is 25.2 Å². The number of unbranched alkanes of at least 4 members (excludes halogenated alkanes) is 33. The fraction of sp³-hybridized carbons (Fsp3) is 0.977. The van der Waals surface area contributed by atoms with E-state index < -0.39 is 24.5 Å². The van der Waals surface area contributed by atoms with Crippen LogP contribution in [0.1, 0.15) is 251 Å². The van der Waals surface area contributed by atoms with Crippen molar-refractivity contribution in [2.75, 3.05) is 0 Å². The first-order valence-electron chi connectivity index (χ1n) is 22.5. The summed E-state index contributed by atoms with van der Waals surface area (Å²) in [4.78, 5) is 12.4. The smallest absolute Gasteiger partial charge is 0.220 e. The van der Waals surface area contributed by atoms with Crippen LogP contribution >= 0.6 is 0 Å². The Bertz CT molecular complexity index is 675. The molecule has 0 saturated heterocycles. The lowest BCUT2D eigenvalue weighted by Crippen LogP contribution is -2.54. The van der Waals surface area contributed by atoms with Crippen LogP contribution in [0.2, 0.25) is 0 Å². The summed E-state index contributed by atoms with van der Waals surface area (Å²) in [5, 5.41) is 43.2. The molecule has 6 heteroatoms. The highest BCUT2D eigenvalue weighted by Crippen LogP contribution is 2.18. The first-order chi connectivity index (χ1) is 24.4. The summed E-state index contributed by atoms with van der Waals surface area (Å²) in [5.74, 6) is -0.303. The third-order valence-electron chi connectivity index (χ3n) is 10.8. The molecule has 0 aromatic carbocycles. The Hall–Kier alpha value is -0.690. The Morgan fingerprint density at radius 1 is 0.400 bits per heavy atom. The number of aliphatic hydroxyl groups is 4. The van der Waals surface area contributed by atoms with Crippen LogP contribution in [0.3, 0.4) is 0 Å². The monoisotopic (exact) mass is 712 g/mol. The quantitative estimate of drug-likeness (QED) is 0.0320. The molecule has 0 aromatic heterocycles. The average molecular weight is 712 g/mol. The van der Waals surface area contributed by atoms with Crippen LogP contribution in [-0.2, 0) is 4.79 Å². The number of carbonyl (C=O) groups excluding carboxylic acids is 1. The molecule has 50 heavy (non-hydrogen) atoms. The molecule has 0 heterocycles. The van der Waals surface area contributed by atoms with Gasteiger partial charge in [-0.2, -0.15) is 0 Å². The van der Waals surface area contributed by atoms with Gasteiger partial charge in [-0.1, -0.05) is 232 Å². The zero-order valence-electron chi connectivity index (χ0n) is 33.7. The molecule has 5 N–H and O–H groups in total. The first kappa shape index (κ1) is 49.3. The maximum atomic E-state index is 12.4. The molecule has 6 nitrogen and oxygen atoms in total. The van der Waals surface area contributed by atoms with Gasteiger partial charge in [0.05, 0.1) is 6.10 Å². The van der Waals surface area contributed by atoms with Crippen molar-refractivity contribution in [2.45, 2.75) is 276 Å². The van der Waals surface area contributed by atoms with Crippen LogP contribution < -0.4 is 5.32 Å². The van der Waals surface area contributed by atoms with Gasteiger partial charge in [-0.05, 0) is 12.8 Å². The van der Waals surface area contributed by atoms with Crippen LogP contribution in [0.25, 0.3) is 0 Å². The number of hydrogen-bond donors (Lipinski definition) is 5. The third kappa shape index (κ3) is 34.4. The number of hydrogen-bond acceptors (Lipinski definition) is 5. The van der Waals surface area contributed by atoms with Crippen molar-refractivity contribution >= 4 is 5.91 Å². The lowest BCUT2D eigenvalue weighted by atomic mass is 9.98. The van der Waals surface area contributed by atoms with Crippen LogP contribution in [0.5, 0.6) is 0 Å². The van der Waals surface area contributed by atoms with Crippen molar-refractivity contribution in [1.82, 2.24) is 5.32 Å². The molecule has 0 bridgehead atoms. The van der Waals surface area contributed by atoms with Crippen molar-refractivity contribution in [2.24, 2.45) is 0 Å². The molecular formula is C44H89NO5. The number of nitrogens with one attached hydrogen (secondary N) is 1. The largest absolute Gasteiger partial charge is 0.390 e. The minimum atomic E-state index is -1.92. The summed E-state index contributed by atoms with van der Waals surface area (Å²) in [6.45, 7) is 4.55. The zero-order valence-corrected chi connectivity index (χ0v) is 33.7. The fourth-order valence-corrected chi connectivity index (χ4v) is 7.27. The summed E-state index contributed by atoms with van der Waals surface area (Å²) >= 11 is 0. The molecule has 0 saturated carbocycles. The fourth-order valence-electron chi connectivity index (χ4n) is 7.27. The van der Waals surface area contributed by atoms with Crippen LogP contribution in [0.4, 0.5) is 0 Å². The van der Waals surface area contributed by atoms with E-state index in [2.05, 4.69) is 19.2 Å². The second-order valence-corrected chi connectivity index (χ2v) is 15.8. The predicted octanol–water partition coefficient (Wildman–Crippen LogP) is 12.0. The minimum absolute atomic E-state index is 0.295. The van der Waals surface area contributed by atoms with E-state index in [1.165, 1.54) is 186 Å². The van der Waals surface area contributed by atoms with Crippen molar-refractivity contribution in [3.8, 4) is 0 Å². The lowest BCUT2D eigenvalue weighted by Gasteiger charge is -2.29. The Balaban J connectivity index is 3.69. The van der Waals surface area contributed by atoms with Crippen molar-refractivity contribution < 1.29 is 25.2 Å². The molecule has 300 valence electrons. The number of rotatable bonds is 41. The van der Waals surface area contributed by atoms with Crippen molar-refractivity contribution in [3.63, 3.8) is 0 Å². The van der Waals surface area contributed by atoms with E-state index in [-0.39, 0.29) is 5.91 Å². The predicted molar refractivity (Wildman–Crippen MR) is 214 cm³/mol. The number of aliphatic hydroxyl groups excluding tert-OH is 3. The maximum Gasteiger partial charge on any atom is 0.220 e. The molecule has 0 aliphatic heterocycles. The average Bonchev–Trinajstić information content (AvgIpc) is 3.10. The van der Waals surface area contributed by atoms with Gasteiger partial charge in [0.1, 0.15) is 12.1 Å². The van der Waals surface area contributed by atoms with Crippen LogP contribution in [0, 0.1) is 0 Å². The standard InChI is InChI=1S/C44H89NO5/c1-3-5-7-9-11-13-15-17-19-21-22-23-24-26-28-30-32-34-36-38-40(46)43(48)42(44(49)50)45-41(47)39-37-35-33-31-29-27-25-20-18-16-14-12-10-8-6-4-2/h40,42-44,46,48-50H,3-39H2,1-2H3,(H,45,47)/t40-,42+,43-/m1/s1. The Labute approximate surface area is 311 Å². The molecule has 0 spiro atoms. The molecular weight excluding hydrogens is 622 g/mol. The molecule has 1 amide bonds. The second kappa shape index (κ2) is 39.5. The van der Waals surface area contributed by atoms with E-state index in [0.717, 1.165) is 38.5 Å². The second-order valence-electron chi connectivity index (χ2n) is 15.8. The maximum absolute atomic E-state index is 12.4. The van der Waals surface area contributed by atoms with Gasteiger partial charge in [0.25, 0.3) is 0 Å². The molecule has 0 rings (SSSR count). The topological polar surface area (TPSA) is 110 Å². The number of amides is 1. The highest BCUT2D eigenvalue weighted by Gasteiger charge is 2.32. The van der Waals surface area contributed by atoms with Gasteiger partial charge in [0.2, 0.25) is 5.91 Å². The van der Waals surface area contributed by atoms with Gasteiger partial charge >= 0.3 is 0 Å². The summed E-state index contributed by atoms with van der Waals surface area (Å²) < 4.78 is 0. The van der Waals surface area contributed by atoms with Crippen LogP contribution in [0.15, 0.2) is 0 Å². The lowest BCUT2D eigenvalue weighted by molar-refractivity contribution is -0.140. The molecule has 0 radical (unpaired) electrons. The minimum Gasteiger partial charge on any atom is -0.390 e. The van der Waals surface area contributed by atoms with E-state index in [0.29, 0.717) is 12.8 Å². The normalized spacial score (nSPS) is 13.6. The summed E-state index contributed by atoms with van der Waals surface area (Å²) in [6.07, 6.45) is 41.4. The molecule has 0 fully saturated rings. The van der Waals surface area contributed by atoms with Crippen molar-refractivity contribution in [1.29, 1.82) is 0 Å². The molecule has 0 aromatic rings. The Kier molecular flexibility index (Phi) is 39.0. The summed E-state index contributed by atoms with van der Waals surface area (Å²) in [7, 11) is 0. The summed E-state index contributed by atoms with van der Waals surface area (Å²) in [6, 6.07) is -1.28. The molecule has 0 aliphatic rings. The molecule has 3 atom stereocenters. The van der Waals surface area contributed by atoms with E-state index in [1.54, 1.807) is 0 Å². The van der Waals surface area contributed by atoms with Gasteiger partial charge in [0, 0.05) is 6.42 Å². The van der Waals surface area contributed by atoms with Crippen molar-refractivity contribution in [3.05, 3.63) is 0 Å². The van der Waals surface area contributed by atoms with E-state index in [1.807, 2.05) is 0 Å². The highest BCUT2D eigenvalue weighted by atomic mass is 16.5. The van der Waals surface area contributed by atoms with Gasteiger partial charge in [0.15, 0.2) is 6.29 Å². The third-order valence-corrected chi connectivity index (χ3v) is 10.8. The van der Waals surface area contributed by atoms with Gasteiger partial charge < -0.3 is 25.7 Å². The zero-order chi connectivity index (χ0) is 36.8. The van der Waals surface area contributed by atoms with Gasteiger partial charge in [-0.3, -0.25) is 4.79 Å². The van der Waals surface area contributed by atoms with Gasteiger partial charge in [-0.25, -0.2) is 0 Å². The molecule has 0 aliphatic carbocycles. The van der Waals surface area contributed by atoms with Gasteiger partial charge in [-0.15, -0.1) is 0 Å². The first-order valence-corrected chi connectivity index (χ1v) is 22.5. The van der Waals surface area contributed by atoms with E-state index >= 15 is 0 Å². The Morgan fingerprint density at radius 3 is 0.940 bits per heavy atom. The molecule has 0 unspecified atom stereocenters. The Morgan fingerprint density at radius 2 is 0.660 bits per heavy atom. The highest BCUT2D eigenvalue weighted by molar-refractivity contribution is 5.76.